The van der Waals surface area contributed by atoms with Crippen LogP contribution in [-0.4, -0.2) is 17.7 Å². The number of benzene rings is 1. The van der Waals surface area contributed by atoms with Crippen molar-refractivity contribution in [1.29, 1.82) is 0 Å². The Morgan fingerprint density at radius 3 is 2.50 bits per heavy atom. The van der Waals surface area contributed by atoms with Gasteiger partial charge in [-0.25, -0.2) is 0 Å². The van der Waals surface area contributed by atoms with Crippen LogP contribution in [0.2, 0.25) is 0 Å². The highest BCUT2D eigenvalue weighted by Crippen LogP contribution is 2.15. The monoisotopic (exact) mass is 222 g/mol. The molecule has 1 atom stereocenters. The third kappa shape index (κ3) is 4.03. The molecule has 0 fully saturated rings. The fourth-order valence-corrected chi connectivity index (χ4v) is 1.28. The highest BCUT2D eigenvalue weighted by molar-refractivity contribution is 5.71. The van der Waals surface area contributed by atoms with Crippen LogP contribution in [0, 0.1) is 5.92 Å². The molecule has 1 N–H and O–H groups in total. The third-order valence-electron chi connectivity index (χ3n) is 2.29. The Balaban J connectivity index is 2.31. The zero-order valence-corrected chi connectivity index (χ0v) is 9.72. The smallest absolute Gasteiger partial charge is 0.308 e. The number of hydrogen-bond acceptors (Lipinski definition) is 3. The second-order valence-corrected chi connectivity index (χ2v) is 4.04. The maximum absolute atomic E-state index is 11.2. The molecule has 1 unspecified atom stereocenters. The minimum Gasteiger partial charge on any atom is -0.465 e. The quantitative estimate of drug-likeness (QED) is 0.778. The van der Waals surface area contributed by atoms with Gasteiger partial charge in [0.2, 0.25) is 0 Å². The number of aliphatic hydroxyl groups is 1. The summed E-state index contributed by atoms with van der Waals surface area (Å²) in [5, 5.41) is 9.78. The summed E-state index contributed by atoms with van der Waals surface area (Å²) in [6.45, 7) is 3.83. The van der Waals surface area contributed by atoms with Crippen molar-refractivity contribution in [3.05, 3.63) is 35.9 Å². The van der Waals surface area contributed by atoms with E-state index in [1.807, 2.05) is 30.3 Å². The van der Waals surface area contributed by atoms with Crippen LogP contribution in [0.25, 0.3) is 0 Å². The topological polar surface area (TPSA) is 46.5 Å². The number of aliphatic hydroxyl groups excluding tert-OH is 1. The zero-order valence-electron chi connectivity index (χ0n) is 9.72. The van der Waals surface area contributed by atoms with Gasteiger partial charge in [-0.3, -0.25) is 4.79 Å². The maximum Gasteiger partial charge on any atom is 0.308 e. The molecule has 1 aromatic rings. The number of esters is 1. The summed E-state index contributed by atoms with van der Waals surface area (Å²) in [4.78, 5) is 11.2. The van der Waals surface area contributed by atoms with Crippen molar-refractivity contribution in [1.82, 2.24) is 0 Å². The Kier molecular flexibility index (Phi) is 4.99. The first-order valence-electron chi connectivity index (χ1n) is 5.51. The molecule has 0 heterocycles. The fourth-order valence-electron chi connectivity index (χ4n) is 1.28. The average molecular weight is 222 g/mol. The molecular formula is C13H18O3. The number of ether oxygens (including phenoxy) is 1. The molecular weight excluding hydrogens is 204 g/mol. The largest absolute Gasteiger partial charge is 0.465 e. The van der Waals surface area contributed by atoms with E-state index in [1.54, 1.807) is 13.8 Å². The maximum atomic E-state index is 11.2. The Bertz CT molecular complexity index is 319. The lowest BCUT2D eigenvalue weighted by Crippen LogP contribution is -2.14. The Labute approximate surface area is 96.1 Å². The normalized spacial score (nSPS) is 12.5. The summed E-state index contributed by atoms with van der Waals surface area (Å²) in [7, 11) is 0. The molecule has 0 radical (unpaired) electrons. The van der Waals surface area contributed by atoms with Crippen LogP contribution >= 0.6 is 0 Å². The fraction of sp³-hybridized carbons (Fsp3) is 0.462. The van der Waals surface area contributed by atoms with Gasteiger partial charge in [-0.05, 0) is 5.56 Å². The van der Waals surface area contributed by atoms with E-state index in [2.05, 4.69) is 0 Å². The summed E-state index contributed by atoms with van der Waals surface area (Å²) in [5.41, 5.74) is 0.850. The zero-order chi connectivity index (χ0) is 12.0. The van der Waals surface area contributed by atoms with E-state index in [0.29, 0.717) is 6.42 Å². The van der Waals surface area contributed by atoms with Crippen molar-refractivity contribution in [2.75, 3.05) is 6.61 Å². The third-order valence-corrected chi connectivity index (χ3v) is 2.29. The summed E-state index contributed by atoms with van der Waals surface area (Å²) in [5.74, 6) is -0.339. The van der Waals surface area contributed by atoms with E-state index in [-0.39, 0.29) is 18.5 Å². The second kappa shape index (κ2) is 6.28. The van der Waals surface area contributed by atoms with Crippen LogP contribution in [-0.2, 0) is 9.53 Å². The van der Waals surface area contributed by atoms with Gasteiger partial charge in [0.15, 0.2) is 0 Å². The van der Waals surface area contributed by atoms with Gasteiger partial charge in [0.25, 0.3) is 0 Å². The Morgan fingerprint density at radius 1 is 1.31 bits per heavy atom. The summed E-state index contributed by atoms with van der Waals surface area (Å²) in [6, 6.07) is 9.36. The first-order valence-corrected chi connectivity index (χ1v) is 5.51. The molecule has 1 aromatic carbocycles. The van der Waals surface area contributed by atoms with Crippen LogP contribution in [0.5, 0.6) is 0 Å². The average Bonchev–Trinajstić information content (AvgIpc) is 2.29. The summed E-state index contributed by atoms with van der Waals surface area (Å²) in [6.07, 6.45) is -0.135. The predicted molar refractivity (Wildman–Crippen MR) is 61.8 cm³/mol. The van der Waals surface area contributed by atoms with Gasteiger partial charge in [0, 0.05) is 6.42 Å². The van der Waals surface area contributed by atoms with Crippen molar-refractivity contribution in [2.45, 2.75) is 26.4 Å². The van der Waals surface area contributed by atoms with Gasteiger partial charge >= 0.3 is 5.97 Å². The number of rotatable bonds is 5. The molecule has 0 aromatic heterocycles. The molecule has 88 valence electrons. The van der Waals surface area contributed by atoms with E-state index in [9.17, 15) is 9.90 Å². The van der Waals surface area contributed by atoms with Crippen molar-refractivity contribution < 1.29 is 14.6 Å². The molecule has 0 saturated carbocycles. The molecule has 3 nitrogen and oxygen atoms in total. The Hall–Kier alpha value is -1.35. The molecule has 0 aliphatic heterocycles. The van der Waals surface area contributed by atoms with Gasteiger partial charge in [-0.15, -0.1) is 0 Å². The van der Waals surface area contributed by atoms with Crippen molar-refractivity contribution in [3.8, 4) is 0 Å². The lowest BCUT2D eigenvalue weighted by molar-refractivity contribution is -0.147. The van der Waals surface area contributed by atoms with E-state index >= 15 is 0 Å². The molecule has 0 aliphatic carbocycles. The van der Waals surface area contributed by atoms with Gasteiger partial charge < -0.3 is 9.84 Å². The molecule has 1 rings (SSSR count). The Morgan fingerprint density at radius 2 is 1.94 bits per heavy atom. The summed E-state index contributed by atoms with van der Waals surface area (Å²) >= 11 is 0. The number of hydrogen-bond donors (Lipinski definition) is 1. The van der Waals surface area contributed by atoms with E-state index in [1.165, 1.54) is 0 Å². The lowest BCUT2D eigenvalue weighted by Gasteiger charge is -2.12. The van der Waals surface area contributed by atoms with Crippen molar-refractivity contribution in [3.63, 3.8) is 0 Å². The van der Waals surface area contributed by atoms with E-state index in [4.69, 9.17) is 4.74 Å². The van der Waals surface area contributed by atoms with Crippen LogP contribution in [0.3, 0.4) is 0 Å². The molecule has 0 amide bonds. The standard InChI is InChI=1S/C13H18O3/c1-10(2)13(15)16-9-8-12(14)11-6-4-3-5-7-11/h3-7,10,12,14H,8-9H2,1-2H3. The molecule has 16 heavy (non-hydrogen) atoms. The van der Waals surface area contributed by atoms with E-state index in [0.717, 1.165) is 5.56 Å². The predicted octanol–water partition coefficient (Wildman–Crippen LogP) is 2.31. The highest BCUT2D eigenvalue weighted by atomic mass is 16.5. The molecule has 0 aliphatic rings. The van der Waals surface area contributed by atoms with Gasteiger partial charge in [-0.2, -0.15) is 0 Å². The first kappa shape index (κ1) is 12.7. The lowest BCUT2D eigenvalue weighted by atomic mass is 10.1. The SMILES string of the molecule is CC(C)C(=O)OCCC(O)c1ccccc1. The minimum absolute atomic E-state index is 0.117. The van der Waals surface area contributed by atoms with Crippen LogP contribution in [0.1, 0.15) is 31.9 Å². The molecule has 3 heteroatoms. The van der Waals surface area contributed by atoms with Gasteiger partial charge in [0.1, 0.15) is 0 Å². The van der Waals surface area contributed by atoms with Crippen molar-refractivity contribution in [2.24, 2.45) is 5.92 Å². The minimum atomic E-state index is -0.568. The first-order chi connectivity index (χ1) is 7.61. The van der Waals surface area contributed by atoms with E-state index < -0.39 is 6.10 Å². The van der Waals surface area contributed by atoms with Crippen LogP contribution < -0.4 is 0 Å². The van der Waals surface area contributed by atoms with Gasteiger partial charge in [-0.1, -0.05) is 44.2 Å². The van der Waals surface area contributed by atoms with Crippen LogP contribution in [0.4, 0.5) is 0 Å². The second-order valence-electron chi connectivity index (χ2n) is 4.04. The van der Waals surface area contributed by atoms with Crippen LogP contribution in [0.15, 0.2) is 30.3 Å². The van der Waals surface area contributed by atoms with Crippen molar-refractivity contribution >= 4 is 5.97 Å². The van der Waals surface area contributed by atoms with Gasteiger partial charge in [0.05, 0.1) is 18.6 Å². The molecule has 0 spiro atoms. The highest BCUT2D eigenvalue weighted by Gasteiger charge is 2.11. The molecule has 0 saturated heterocycles. The summed E-state index contributed by atoms with van der Waals surface area (Å²) < 4.78 is 5.00. The number of carbonyl (C=O) groups excluding carboxylic acids is 1. The number of carbonyl (C=O) groups is 1. The molecule has 0 bridgehead atoms.